The molecule has 1 atom stereocenters. The minimum atomic E-state index is -5.25. The number of hydrogen-bond donors (Lipinski definition) is 0. The van der Waals surface area contributed by atoms with Crippen molar-refractivity contribution in [1.82, 2.24) is 0 Å². The number of carbonyl (C=O) groups excluding carboxylic acids is 1. The summed E-state index contributed by atoms with van der Waals surface area (Å²) in [5, 5.41) is 0. The molecule has 0 aromatic rings. The minimum Gasteiger partial charge on any atom is -0.469 e. The van der Waals surface area contributed by atoms with Gasteiger partial charge in [0.1, 0.15) is 0 Å². The van der Waals surface area contributed by atoms with Gasteiger partial charge in [-0.2, -0.15) is 26.3 Å². The van der Waals surface area contributed by atoms with Crippen molar-refractivity contribution in [1.29, 1.82) is 0 Å². The summed E-state index contributed by atoms with van der Waals surface area (Å²) in [4.78, 5) is 10.4. The quantitative estimate of drug-likeness (QED) is 0.531. The normalized spacial score (nSPS) is 15.1. The van der Waals surface area contributed by atoms with Crippen LogP contribution in [0.2, 0.25) is 0 Å². The first-order valence-corrected chi connectivity index (χ1v) is 3.29. The predicted octanol–water partition coefficient (Wildman–Crippen LogP) is 2.29. The van der Waals surface area contributed by atoms with Crippen LogP contribution in [-0.2, 0) is 9.53 Å². The van der Waals surface area contributed by atoms with Gasteiger partial charge in [-0.1, -0.05) is 0 Å². The molecule has 0 aliphatic rings. The monoisotopic (exact) mass is 224 g/mol. The third-order valence-electron chi connectivity index (χ3n) is 1.32. The molecule has 0 bridgehead atoms. The van der Waals surface area contributed by atoms with E-state index in [0.29, 0.717) is 7.11 Å². The van der Waals surface area contributed by atoms with Gasteiger partial charge in [-0.25, -0.2) is 0 Å². The maximum Gasteiger partial charge on any atom is 0.402 e. The lowest BCUT2D eigenvalue weighted by Gasteiger charge is -2.18. The van der Waals surface area contributed by atoms with Crippen molar-refractivity contribution in [2.75, 3.05) is 7.11 Å². The highest BCUT2D eigenvalue weighted by atomic mass is 19.4. The van der Waals surface area contributed by atoms with E-state index < -0.39 is 30.7 Å². The highest BCUT2D eigenvalue weighted by Crippen LogP contribution is 2.36. The largest absolute Gasteiger partial charge is 0.469 e. The van der Waals surface area contributed by atoms with Crippen molar-refractivity contribution in [3.8, 4) is 0 Å². The van der Waals surface area contributed by atoms with Gasteiger partial charge in [0.15, 0.2) is 5.92 Å². The number of carbonyl (C=O) groups is 1. The van der Waals surface area contributed by atoms with Gasteiger partial charge in [-0.05, 0) is 0 Å². The standard InChI is InChI=1S/C6H6F6O2/c1-14-4(13)3(6(10,11)12)2-5(7,8)9/h3H,2H2,1H3. The van der Waals surface area contributed by atoms with Crippen LogP contribution in [0.15, 0.2) is 0 Å². The average Bonchev–Trinajstić information content (AvgIpc) is 1.95. The summed E-state index contributed by atoms with van der Waals surface area (Å²) in [5.74, 6) is -5.08. The molecule has 14 heavy (non-hydrogen) atoms. The Morgan fingerprint density at radius 3 is 1.86 bits per heavy atom. The van der Waals surface area contributed by atoms with Crippen molar-refractivity contribution < 1.29 is 35.9 Å². The average molecular weight is 224 g/mol. The van der Waals surface area contributed by atoms with Crippen LogP contribution in [0.5, 0.6) is 0 Å². The Hall–Kier alpha value is -0.950. The Bertz CT molecular complexity index is 205. The molecule has 2 nitrogen and oxygen atoms in total. The summed E-state index contributed by atoms with van der Waals surface area (Å²) < 4.78 is 74.2. The first-order chi connectivity index (χ1) is 6.08. The topological polar surface area (TPSA) is 26.3 Å². The number of methoxy groups -OCH3 is 1. The lowest BCUT2D eigenvalue weighted by atomic mass is 10.1. The fourth-order valence-electron chi connectivity index (χ4n) is 0.706. The van der Waals surface area contributed by atoms with E-state index in [2.05, 4.69) is 4.74 Å². The van der Waals surface area contributed by atoms with E-state index in [1.165, 1.54) is 0 Å². The van der Waals surface area contributed by atoms with E-state index in [4.69, 9.17) is 0 Å². The van der Waals surface area contributed by atoms with Crippen LogP contribution < -0.4 is 0 Å². The van der Waals surface area contributed by atoms with Crippen LogP contribution in [0.3, 0.4) is 0 Å². The number of alkyl halides is 6. The molecule has 0 aliphatic heterocycles. The smallest absolute Gasteiger partial charge is 0.402 e. The number of rotatable bonds is 2. The van der Waals surface area contributed by atoms with E-state index in [9.17, 15) is 31.1 Å². The molecule has 8 heteroatoms. The highest BCUT2D eigenvalue weighted by molar-refractivity contribution is 5.73. The molecule has 0 heterocycles. The fourth-order valence-corrected chi connectivity index (χ4v) is 0.706. The van der Waals surface area contributed by atoms with E-state index in [1.54, 1.807) is 0 Å². The van der Waals surface area contributed by atoms with Crippen molar-refractivity contribution in [3.63, 3.8) is 0 Å². The fraction of sp³-hybridized carbons (Fsp3) is 0.833. The Balaban J connectivity index is 4.67. The van der Waals surface area contributed by atoms with Gasteiger partial charge < -0.3 is 4.74 Å². The molecule has 0 N–H and O–H groups in total. The lowest BCUT2D eigenvalue weighted by Crippen LogP contribution is -2.35. The molecule has 0 spiro atoms. The van der Waals surface area contributed by atoms with Gasteiger partial charge in [0.2, 0.25) is 0 Å². The molecule has 84 valence electrons. The molecular weight excluding hydrogens is 218 g/mol. The molecule has 0 amide bonds. The zero-order valence-corrected chi connectivity index (χ0v) is 6.87. The summed E-state index contributed by atoms with van der Waals surface area (Å²) in [7, 11) is 0.595. The van der Waals surface area contributed by atoms with Crippen molar-refractivity contribution in [2.24, 2.45) is 5.92 Å². The van der Waals surface area contributed by atoms with E-state index >= 15 is 0 Å². The van der Waals surface area contributed by atoms with Crippen LogP contribution in [0.1, 0.15) is 6.42 Å². The molecule has 0 radical (unpaired) electrons. The summed E-state index contributed by atoms with van der Waals surface area (Å²) in [6.45, 7) is 0. The van der Waals surface area contributed by atoms with Crippen LogP contribution in [-0.4, -0.2) is 25.4 Å². The molecule has 0 aromatic carbocycles. The second kappa shape index (κ2) is 4.05. The Labute approximate surface area is 74.8 Å². The maximum atomic E-state index is 11.9. The summed E-state index contributed by atoms with van der Waals surface area (Å²) in [6, 6.07) is 0. The van der Waals surface area contributed by atoms with E-state index in [1.807, 2.05) is 0 Å². The van der Waals surface area contributed by atoms with Crippen LogP contribution in [0, 0.1) is 5.92 Å². The lowest BCUT2D eigenvalue weighted by molar-refractivity contribution is -0.226. The van der Waals surface area contributed by atoms with Crippen molar-refractivity contribution in [3.05, 3.63) is 0 Å². The third-order valence-corrected chi connectivity index (χ3v) is 1.32. The molecule has 1 unspecified atom stereocenters. The number of ether oxygens (including phenoxy) is 1. The molecule has 0 rings (SSSR count). The molecule has 0 saturated carbocycles. The zero-order valence-electron chi connectivity index (χ0n) is 6.87. The van der Waals surface area contributed by atoms with Gasteiger partial charge in [0.05, 0.1) is 13.5 Å². The second-order valence-corrected chi connectivity index (χ2v) is 2.44. The Kier molecular flexibility index (Phi) is 3.78. The van der Waals surface area contributed by atoms with E-state index in [-0.39, 0.29) is 0 Å². The summed E-state index contributed by atoms with van der Waals surface area (Å²) in [5.41, 5.74) is 0. The predicted molar refractivity (Wildman–Crippen MR) is 32.2 cm³/mol. The van der Waals surface area contributed by atoms with Gasteiger partial charge in [0.25, 0.3) is 0 Å². The molecule has 0 aliphatic carbocycles. The first kappa shape index (κ1) is 13.0. The Morgan fingerprint density at radius 1 is 1.21 bits per heavy atom. The second-order valence-electron chi connectivity index (χ2n) is 2.44. The van der Waals surface area contributed by atoms with Crippen molar-refractivity contribution in [2.45, 2.75) is 18.8 Å². The summed E-state index contributed by atoms with van der Waals surface area (Å²) in [6.07, 6.45) is -12.6. The van der Waals surface area contributed by atoms with E-state index in [0.717, 1.165) is 0 Å². The number of hydrogen-bond acceptors (Lipinski definition) is 2. The van der Waals surface area contributed by atoms with Gasteiger partial charge in [0, 0.05) is 0 Å². The minimum absolute atomic E-state index is 0.595. The maximum absolute atomic E-state index is 11.9. The van der Waals surface area contributed by atoms with Crippen LogP contribution in [0.25, 0.3) is 0 Å². The third kappa shape index (κ3) is 4.33. The summed E-state index contributed by atoms with van der Waals surface area (Å²) >= 11 is 0. The highest BCUT2D eigenvalue weighted by Gasteiger charge is 2.51. The molecule has 0 aromatic heterocycles. The first-order valence-electron chi connectivity index (χ1n) is 3.29. The van der Waals surface area contributed by atoms with Crippen molar-refractivity contribution >= 4 is 5.97 Å². The SMILES string of the molecule is COC(=O)C(CC(F)(F)F)C(F)(F)F. The van der Waals surface area contributed by atoms with Crippen LogP contribution in [0.4, 0.5) is 26.3 Å². The van der Waals surface area contributed by atoms with Crippen LogP contribution >= 0.6 is 0 Å². The number of esters is 1. The Morgan fingerprint density at radius 2 is 1.64 bits per heavy atom. The molecular formula is C6H6F6O2. The molecule has 0 saturated heterocycles. The number of halogens is 6. The van der Waals surface area contributed by atoms with Gasteiger partial charge in [-0.15, -0.1) is 0 Å². The van der Waals surface area contributed by atoms with Gasteiger partial charge >= 0.3 is 18.3 Å². The zero-order chi connectivity index (χ0) is 11.6. The molecule has 0 fully saturated rings. The van der Waals surface area contributed by atoms with Gasteiger partial charge in [-0.3, -0.25) is 4.79 Å².